The van der Waals surface area contributed by atoms with Crippen LogP contribution in [0.25, 0.3) is 0 Å². The Bertz CT molecular complexity index is 1840. The number of fused-ring (bicyclic) bond motifs is 2. The first-order chi connectivity index (χ1) is 24.2. The van der Waals surface area contributed by atoms with Gasteiger partial charge in [-0.25, -0.2) is 0 Å². The van der Waals surface area contributed by atoms with Crippen molar-refractivity contribution in [3.05, 3.63) is 125 Å². The zero-order valence-corrected chi connectivity index (χ0v) is 28.1. The van der Waals surface area contributed by atoms with Gasteiger partial charge >= 0.3 is 5.97 Å². The number of carbonyl (C=O) groups excluding carboxylic acids is 4. The minimum atomic E-state index is -1.56. The van der Waals surface area contributed by atoms with Gasteiger partial charge in [-0.15, -0.1) is 0 Å². The van der Waals surface area contributed by atoms with E-state index >= 15 is 9.59 Å². The molecule has 2 fully saturated rings. The molecule has 0 saturated carbocycles. The molecule has 10 heteroatoms. The van der Waals surface area contributed by atoms with Gasteiger partial charge in [0.1, 0.15) is 23.7 Å². The summed E-state index contributed by atoms with van der Waals surface area (Å²) < 4.78 is 13.1. The van der Waals surface area contributed by atoms with Gasteiger partial charge in [0.2, 0.25) is 11.8 Å². The maximum atomic E-state index is 15.1. The van der Waals surface area contributed by atoms with Crippen molar-refractivity contribution in [1.82, 2.24) is 10.2 Å². The van der Waals surface area contributed by atoms with Crippen LogP contribution in [-0.4, -0.2) is 71.1 Å². The van der Waals surface area contributed by atoms with Crippen LogP contribution < -0.4 is 10.2 Å². The molecule has 0 bridgehead atoms. The number of aliphatic hydroxyl groups excluding tert-OH is 1. The summed E-state index contributed by atoms with van der Waals surface area (Å²) >= 11 is 0. The van der Waals surface area contributed by atoms with Gasteiger partial charge in [0.05, 0.1) is 31.2 Å². The lowest BCUT2D eigenvalue weighted by Crippen LogP contribution is -2.56. The third-order valence-electron chi connectivity index (χ3n) is 10.3. The minimum Gasteiger partial charge on any atom is -0.455 e. The van der Waals surface area contributed by atoms with Crippen molar-refractivity contribution in [1.29, 1.82) is 0 Å². The summed E-state index contributed by atoms with van der Waals surface area (Å²) in [6, 6.07) is 22.0. The molecule has 3 amide bonds. The molecule has 0 aromatic heterocycles. The number of hydrogen-bond acceptors (Lipinski definition) is 7. The summed E-state index contributed by atoms with van der Waals surface area (Å²) in [5.41, 5.74) is 2.35. The molecule has 4 aliphatic rings. The molecule has 0 unspecified atom stereocenters. The molecule has 0 aliphatic carbocycles. The molecule has 3 aromatic rings. The fourth-order valence-electron chi connectivity index (χ4n) is 7.94. The van der Waals surface area contributed by atoms with Crippen molar-refractivity contribution in [3.63, 3.8) is 0 Å². The molecule has 50 heavy (non-hydrogen) atoms. The van der Waals surface area contributed by atoms with Crippen molar-refractivity contribution >= 4 is 29.4 Å². The molecule has 10 nitrogen and oxygen atoms in total. The van der Waals surface area contributed by atoms with Crippen LogP contribution in [0.3, 0.4) is 0 Å². The number of hydrogen-bond donors (Lipinski definition) is 2. The fraction of sp³-hybridized carbons (Fsp3) is 0.350. The number of aryl methyl sites for hydroxylation is 2. The largest absolute Gasteiger partial charge is 0.455 e. The topological polar surface area (TPSA) is 125 Å². The van der Waals surface area contributed by atoms with Crippen LogP contribution >= 0.6 is 0 Å². The zero-order chi connectivity index (χ0) is 35.0. The second-order valence-electron chi connectivity index (χ2n) is 13.4. The van der Waals surface area contributed by atoms with Crippen LogP contribution in [0, 0.1) is 25.7 Å². The molecule has 2 N–H and O–H groups in total. The number of esters is 1. The number of benzene rings is 3. The first-order valence-electron chi connectivity index (χ1n) is 17.1. The Morgan fingerprint density at radius 2 is 1.68 bits per heavy atom. The van der Waals surface area contributed by atoms with Crippen LogP contribution in [0.15, 0.2) is 103 Å². The maximum Gasteiger partial charge on any atom is 0.313 e. The molecule has 4 aliphatic heterocycles. The molecule has 7 rings (SSSR count). The highest BCUT2D eigenvalue weighted by atomic mass is 16.6. The number of nitrogens with one attached hydrogen (secondary N) is 1. The second-order valence-corrected chi connectivity index (χ2v) is 13.4. The van der Waals surface area contributed by atoms with Gasteiger partial charge in [0.15, 0.2) is 0 Å². The molecule has 3 aromatic carbocycles. The van der Waals surface area contributed by atoms with E-state index in [9.17, 15) is 14.7 Å². The van der Waals surface area contributed by atoms with E-state index < -0.39 is 60.2 Å². The van der Waals surface area contributed by atoms with E-state index in [0.29, 0.717) is 23.2 Å². The lowest BCUT2D eigenvalue weighted by Gasteiger charge is -2.39. The molecule has 0 radical (unpaired) electrons. The van der Waals surface area contributed by atoms with Crippen LogP contribution in [0.4, 0.5) is 5.69 Å². The number of aliphatic hydroxyl groups is 1. The Labute approximate surface area is 291 Å². The summed E-state index contributed by atoms with van der Waals surface area (Å²) in [4.78, 5) is 60.4. The highest BCUT2D eigenvalue weighted by molar-refractivity contribution is 6.06. The highest BCUT2D eigenvalue weighted by Gasteiger charge is 2.72. The zero-order valence-electron chi connectivity index (χ0n) is 28.1. The van der Waals surface area contributed by atoms with Crippen molar-refractivity contribution < 1.29 is 33.8 Å². The molecule has 2 saturated heterocycles. The molecular weight excluding hydrogens is 634 g/mol. The number of nitrogens with zero attached hydrogens (tertiary/aromatic N) is 2. The predicted octanol–water partition coefficient (Wildman–Crippen LogP) is 4.27. The Kier molecular flexibility index (Phi) is 9.15. The van der Waals surface area contributed by atoms with Crippen LogP contribution in [-0.2, 0) is 28.7 Å². The number of ether oxygens (including phenoxy) is 2. The number of cyclic esters (lactones) is 1. The van der Waals surface area contributed by atoms with Gasteiger partial charge in [-0.05, 0) is 48.6 Å². The molecule has 258 valence electrons. The smallest absolute Gasteiger partial charge is 0.313 e. The first kappa shape index (κ1) is 33.4. The Morgan fingerprint density at radius 1 is 0.940 bits per heavy atom. The van der Waals surface area contributed by atoms with Gasteiger partial charge in [-0.1, -0.05) is 97.1 Å². The van der Waals surface area contributed by atoms with Crippen molar-refractivity contribution in [2.24, 2.45) is 11.8 Å². The summed E-state index contributed by atoms with van der Waals surface area (Å²) in [6.45, 7) is 3.70. The lowest BCUT2D eigenvalue weighted by atomic mass is 9.77. The van der Waals surface area contributed by atoms with Crippen LogP contribution in [0.2, 0.25) is 0 Å². The van der Waals surface area contributed by atoms with Gasteiger partial charge < -0.3 is 29.7 Å². The van der Waals surface area contributed by atoms with E-state index in [1.807, 2.05) is 98.8 Å². The number of allylic oxidation sites excluding steroid dienone is 1. The number of likely N-dealkylation sites (tertiary alicyclic amines) is 1. The molecule has 1 spiro atoms. The maximum absolute atomic E-state index is 15.1. The van der Waals surface area contributed by atoms with E-state index in [4.69, 9.17) is 9.47 Å². The minimum absolute atomic E-state index is 0.0544. The summed E-state index contributed by atoms with van der Waals surface area (Å²) in [5.74, 6) is -3.96. The van der Waals surface area contributed by atoms with E-state index in [1.54, 1.807) is 23.1 Å². The van der Waals surface area contributed by atoms with E-state index in [0.717, 1.165) is 11.1 Å². The second kappa shape index (κ2) is 13.7. The Balaban J connectivity index is 1.37. The molecule has 4 heterocycles. The predicted molar refractivity (Wildman–Crippen MR) is 186 cm³/mol. The average Bonchev–Trinajstić information content (AvgIpc) is 3.51. The SMILES string of the molecule is Cc1ccc(C)c(N2CC=C[C@]34O[C@@H]5/C=C\CCC(=O)NC[C@@H](c6ccccc6)OC(=O)[C@@H]5[C@H]3C(=O)N([C@H](CO)c3ccccc3)[C@@H]4C2=O)c1. The van der Waals surface area contributed by atoms with Gasteiger partial charge in [0, 0.05) is 18.7 Å². The standard InChI is InChI=1S/C40H41N3O7/c1-25-18-19-26(2)29(22-25)42-21-11-20-40-35(37(46)43(36(40)38(42)47)30(24-44)27-12-5-3-6-13-27)34-31(50-40)16-9-10-17-33(45)41-23-32(49-39(34)48)28-14-7-4-8-15-28/h3-9,11-16,18-20,22,30-32,34-36,44H,10,17,21,23-24H2,1-2H3,(H,41,45)/b16-9-/t30-,31-,32+,34+,35+,36-,40+/m1/s1. The third-order valence-corrected chi connectivity index (χ3v) is 10.3. The van der Waals surface area contributed by atoms with E-state index in [2.05, 4.69) is 5.32 Å². The van der Waals surface area contributed by atoms with E-state index in [-0.39, 0.29) is 31.3 Å². The number of amides is 3. The van der Waals surface area contributed by atoms with Gasteiger partial charge in [-0.2, -0.15) is 0 Å². The first-order valence-corrected chi connectivity index (χ1v) is 17.1. The quantitative estimate of drug-likeness (QED) is 0.306. The fourth-order valence-corrected chi connectivity index (χ4v) is 7.94. The van der Waals surface area contributed by atoms with Crippen molar-refractivity contribution in [3.8, 4) is 0 Å². The Hall–Kier alpha value is -5.06. The Morgan fingerprint density at radius 3 is 2.42 bits per heavy atom. The monoisotopic (exact) mass is 675 g/mol. The third kappa shape index (κ3) is 5.82. The van der Waals surface area contributed by atoms with Crippen molar-refractivity contribution in [2.75, 3.05) is 24.6 Å². The summed E-state index contributed by atoms with van der Waals surface area (Å²) in [7, 11) is 0. The van der Waals surface area contributed by atoms with Crippen molar-refractivity contribution in [2.45, 2.75) is 56.6 Å². The molecule has 7 atom stereocenters. The van der Waals surface area contributed by atoms with Gasteiger partial charge in [0.25, 0.3) is 5.91 Å². The van der Waals surface area contributed by atoms with Crippen LogP contribution in [0.5, 0.6) is 0 Å². The number of rotatable bonds is 5. The van der Waals surface area contributed by atoms with Crippen LogP contribution in [0.1, 0.15) is 47.2 Å². The summed E-state index contributed by atoms with van der Waals surface area (Å²) in [5, 5.41) is 13.8. The van der Waals surface area contributed by atoms with E-state index in [1.165, 1.54) is 4.90 Å². The average molecular weight is 676 g/mol. The molecular formula is C40H41N3O7. The summed E-state index contributed by atoms with van der Waals surface area (Å²) in [6.07, 6.45) is 5.96. The lowest BCUT2D eigenvalue weighted by molar-refractivity contribution is -0.160. The number of carbonyl (C=O) groups is 4. The van der Waals surface area contributed by atoms with Gasteiger partial charge in [-0.3, -0.25) is 19.2 Å². The normalized spacial score (nSPS) is 29.5. The highest BCUT2D eigenvalue weighted by Crippen LogP contribution is 2.55. The number of anilines is 1.